The first-order valence-electron chi connectivity index (χ1n) is 8.91. The summed E-state index contributed by atoms with van der Waals surface area (Å²) < 4.78 is 1.49. The molecular weight excluding hydrogens is 382 g/mol. The zero-order chi connectivity index (χ0) is 20.3. The topological polar surface area (TPSA) is 111 Å². The van der Waals surface area contributed by atoms with Crippen LogP contribution in [0.3, 0.4) is 0 Å². The van der Waals surface area contributed by atoms with Gasteiger partial charge in [-0.3, -0.25) is 19.7 Å². The van der Waals surface area contributed by atoms with Crippen molar-refractivity contribution in [2.75, 3.05) is 5.01 Å². The Kier molecular flexibility index (Phi) is 5.88. The maximum Gasteiger partial charge on any atom is 0.270 e. The lowest BCUT2D eigenvalue weighted by Crippen LogP contribution is -2.41. The zero-order valence-electron chi connectivity index (χ0n) is 15.5. The van der Waals surface area contributed by atoms with E-state index < -0.39 is 4.92 Å². The molecule has 0 atom stereocenters. The van der Waals surface area contributed by atoms with Gasteiger partial charge in [-0.05, 0) is 24.6 Å². The van der Waals surface area contributed by atoms with Crippen LogP contribution in [0.25, 0.3) is 5.70 Å². The molecule has 9 nitrogen and oxygen atoms in total. The zero-order valence-corrected chi connectivity index (χ0v) is 16.3. The molecule has 1 aromatic carbocycles. The van der Waals surface area contributed by atoms with Crippen molar-refractivity contribution in [1.82, 2.24) is 14.9 Å². The van der Waals surface area contributed by atoms with E-state index in [1.54, 1.807) is 6.07 Å². The number of nitro benzene ring substituents is 1. The van der Waals surface area contributed by atoms with Crippen molar-refractivity contribution in [3.8, 4) is 0 Å². The Hall–Kier alpha value is -3.01. The number of hydrogen-bond acceptors (Lipinski definition) is 7. The number of non-ortho nitro benzene ring substituents is 1. The molecule has 2 heterocycles. The molecule has 0 fully saturated rings. The van der Waals surface area contributed by atoms with Gasteiger partial charge < -0.3 is 0 Å². The smallest absolute Gasteiger partial charge is 0.270 e. The Morgan fingerprint density at radius 3 is 2.64 bits per heavy atom. The first kappa shape index (κ1) is 19.7. The molecule has 0 unspecified atom stereocenters. The number of Topliss-reactive ketones (excluding diaryl/α,β-unsaturated/α-hetero) is 1. The highest BCUT2D eigenvalue weighted by Gasteiger charge is 2.35. The van der Waals surface area contributed by atoms with Gasteiger partial charge in [0.1, 0.15) is 6.33 Å². The molecule has 0 spiro atoms. The highest BCUT2D eigenvalue weighted by Crippen LogP contribution is 2.40. The quantitative estimate of drug-likeness (QED) is 0.517. The molecule has 0 aliphatic carbocycles. The van der Waals surface area contributed by atoms with Crippen molar-refractivity contribution < 1.29 is 14.5 Å². The van der Waals surface area contributed by atoms with Crippen LogP contribution in [0.4, 0.5) is 5.69 Å². The van der Waals surface area contributed by atoms with Gasteiger partial charge in [-0.25, -0.2) is 9.69 Å². The second-order valence-corrected chi connectivity index (χ2v) is 7.15. The molecule has 1 amide bonds. The third kappa shape index (κ3) is 3.68. The van der Waals surface area contributed by atoms with Crippen LogP contribution >= 0.6 is 11.8 Å². The van der Waals surface area contributed by atoms with E-state index in [1.807, 2.05) is 13.8 Å². The number of hydrogen-bond donors (Lipinski definition) is 0. The summed E-state index contributed by atoms with van der Waals surface area (Å²) in [6, 6.07) is 5.94. The van der Waals surface area contributed by atoms with Crippen LogP contribution in [0.5, 0.6) is 0 Å². The summed E-state index contributed by atoms with van der Waals surface area (Å²) in [4.78, 5) is 36.9. The number of nitro groups is 1. The van der Waals surface area contributed by atoms with E-state index in [4.69, 9.17) is 0 Å². The molecule has 0 saturated heterocycles. The van der Waals surface area contributed by atoms with Crippen molar-refractivity contribution in [3.63, 3.8) is 0 Å². The Bertz CT molecular complexity index is 968. The summed E-state index contributed by atoms with van der Waals surface area (Å²) >= 11 is 1.12. The van der Waals surface area contributed by atoms with Crippen LogP contribution in [0.15, 0.2) is 40.7 Å². The normalized spacial score (nSPS) is 13.4. The van der Waals surface area contributed by atoms with E-state index in [9.17, 15) is 19.7 Å². The summed E-state index contributed by atoms with van der Waals surface area (Å²) in [7, 11) is 0. The number of ketones is 1. The van der Waals surface area contributed by atoms with E-state index >= 15 is 0 Å². The molecule has 0 N–H and O–H groups in total. The summed E-state index contributed by atoms with van der Waals surface area (Å²) in [5.41, 5.74) is 0.637. The maximum atomic E-state index is 12.9. The van der Waals surface area contributed by atoms with Crippen LogP contribution in [0.1, 0.15) is 45.1 Å². The number of nitrogens with zero attached hydrogens (tertiary/aromatic N) is 5. The number of fused-ring (bicyclic) bond motifs is 1. The van der Waals surface area contributed by atoms with Crippen LogP contribution in [-0.2, 0) is 9.59 Å². The van der Waals surface area contributed by atoms with Crippen molar-refractivity contribution >= 4 is 34.8 Å². The highest BCUT2D eigenvalue weighted by atomic mass is 32.2. The van der Waals surface area contributed by atoms with Crippen molar-refractivity contribution in [3.05, 3.63) is 51.2 Å². The minimum absolute atomic E-state index is 0.116. The van der Waals surface area contributed by atoms with Crippen molar-refractivity contribution in [1.29, 1.82) is 0 Å². The number of amides is 1. The van der Waals surface area contributed by atoms with Crippen LogP contribution in [0, 0.1) is 10.1 Å². The first-order valence-corrected chi connectivity index (χ1v) is 9.73. The van der Waals surface area contributed by atoms with Gasteiger partial charge in [-0.2, -0.15) is 0 Å². The SMILES string of the molecule is CCCC(=O)C1=C(c2cccc([N+](=O)[O-])c2)N(C(=O)CCC)n2cnnc2S1. The lowest BCUT2D eigenvalue weighted by atomic mass is 10.1. The third-order valence-electron chi connectivity index (χ3n) is 4.10. The van der Waals surface area contributed by atoms with E-state index in [0.29, 0.717) is 40.6 Å². The molecule has 146 valence electrons. The summed E-state index contributed by atoms with van der Waals surface area (Å²) in [5, 5.41) is 20.9. The molecule has 2 aromatic rings. The second kappa shape index (κ2) is 8.34. The Morgan fingerprint density at radius 2 is 1.96 bits per heavy atom. The summed E-state index contributed by atoms with van der Waals surface area (Å²) in [6.07, 6.45) is 3.19. The Morgan fingerprint density at radius 1 is 1.21 bits per heavy atom. The largest absolute Gasteiger partial charge is 0.294 e. The molecular formula is C18H19N5O4S. The average Bonchev–Trinajstić information content (AvgIpc) is 3.15. The molecule has 1 aliphatic heterocycles. The van der Waals surface area contributed by atoms with Crippen LogP contribution in [-0.4, -0.2) is 31.5 Å². The second-order valence-electron chi connectivity index (χ2n) is 6.17. The van der Waals surface area contributed by atoms with Gasteiger partial charge in [0, 0.05) is 30.5 Å². The minimum Gasteiger partial charge on any atom is -0.294 e. The number of allylic oxidation sites excluding steroid dienone is 1. The van der Waals surface area contributed by atoms with Gasteiger partial charge in [0.05, 0.1) is 15.5 Å². The standard InChI is InChI=1S/C18H19N5O4S/c1-3-6-14(24)17-16(12-8-5-9-13(10-12)23(26)27)22(15(25)7-4-2)21-11-19-20-18(21)28-17/h5,8-11H,3-4,6-7H2,1-2H3. The third-order valence-corrected chi connectivity index (χ3v) is 5.17. The maximum absolute atomic E-state index is 12.9. The number of aromatic nitrogens is 3. The summed E-state index contributed by atoms with van der Waals surface area (Å²) in [5.74, 6) is -0.385. The van der Waals surface area contributed by atoms with Gasteiger partial charge in [0.15, 0.2) is 5.78 Å². The molecule has 1 aliphatic rings. The van der Waals surface area contributed by atoms with Crippen LogP contribution in [0.2, 0.25) is 0 Å². The van der Waals surface area contributed by atoms with Crippen molar-refractivity contribution in [2.45, 2.75) is 44.7 Å². The Labute approximate surface area is 165 Å². The number of carbonyl (C=O) groups excluding carboxylic acids is 2. The number of thioether (sulfide) groups is 1. The highest BCUT2D eigenvalue weighted by molar-refractivity contribution is 8.04. The number of benzene rings is 1. The molecule has 0 radical (unpaired) electrons. The fourth-order valence-electron chi connectivity index (χ4n) is 2.88. The predicted molar refractivity (Wildman–Crippen MR) is 104 cm³/mol. The van der Waals surface area contributed by atoms with E-state index in [0.717, 1.165) is 11.8 Å². The molecule has 3 rings (SSSR count). The first-order chi connectivity index (χ1) is 13.5. The molecule has 0 bridgehead atoms. The average molecular weight is 401 g/mol. The van der Waals surface area contributed by atoms with Gasteiger partial charge in [-0.15, -0.1) is 10.2 Å². The van der Waals surface area contributed by atoms with Crippen LogP contribution < -0.4 is 5.01 Å². The lowest BCUT2D eigenvalue weighted by molar-refractivity contribution is -0.384. The molecule has 1 aromatic heterocycles. The predicted octanol–water partition coefficient (Wildman–Crippen LogP) is 3.29. The molecule has 10 heteroatoms. The summed E-state index contributed by atoms with van der Waals surface area (Å²) in [6.45, 7) is 3.77. The van der Waals surface area contributed by atoms with Crippen molar-refractivity contribution in [2.24, 2.45) is 0 Å². The van der Waals surface area contributed by atoms with E-state index in [1.165, 1.54) is 34.2 Å². The monoisotopic (exact) mass is 401 g/mol. The fourth-order valence-corrected chi connectivity index (χ4v) is 3.89. The number of carbonyl (C=O) groups is 2. The van der Waals surface area contributed by atoms with E-state index in [2.05, 4.69) is 10.2 Å². The molecule has 28 heavy (non-hydrogen) atoms. The van der Waals surface area contributed by atoms with E-state index in [-0.39, 0.29) is 23.8 Å². The van der Waals surface area contributed by atoms with Gasteiger partial charge in [0.2, 0.25) is 11.1 Å². The molecule has 0 saturated carbocycles. The van der Waals surface area contributed by atoms with Gasteiger partial charge in [-0.1, -0.05) is 26.0 Å². The minimum atomic E-state index is -0.504. The number of rotatable bonds is 7. The van der Waals surface area contributed by atoms with Gasteiger partial charge >= 0.3 is 0 Å². The van der Waals surface area contributed by atoms with Gasteiger partial charge in [0.25, 0.3) is 5.69 Å². The lowest BCUT2D eigenvalue weighted by Gasteiger charge is -2.32. The Balaban J connectivity index is 2.24. The fraction of sp³-hybridized carbons (Fsp3) is 0.333.